The maximum atomic E-state index is 10.8. The number of halogens is 1. The van der Waals surface area contributed by atoms with Crippen LogP contribution in [-0.2, 0) is 4.74 Å². The van der Waals surface area contributed by atoms with Crippen LogP contribution in [0.4, 0.5) is 5.88 Å². The van der Waals surface area contributed by atoms with Gasteiger partial charge in [-0.05, 0) is 15.9 Å². The van der Waals surface area contributed by atoms with Gasteiger partial charge in [0.15, 0.2) is 0 Å². The molecule has 0 radical (unpaired) electrons. The van der Waals surface area contributed by atoms with Crippen molar-refractivity contribution in [3.63, 3.8) is 0 Å². The van der Waals surface area contributed by atoms with Gasteiger partial charge in [-0.2, -0.15) is 0 Å². The van der Waals surface area contributed by atoms with Crippen molar-refractivity contribution in [2.75, 3.05) is 12.8 Å². The van der Waals surface area contributed by atoms with Gasteiger partial charge in [0.25, 0.3) is 0 Å². The summed E-state index contributed by atoms with van der Waals surface area (Å²) < 4.78 is 9.77. The van der Waals surface area contributed by atoms with Crippen LogP contribution < -0.4 is 5.73 Å². The van der Waals surface area contributed by atoms with Gasteiger partial charge in [-0.3, -0.25) is 0 Å². The first-order valence-corrected chi connectivity index (χ1v) is 3.57. The van der Waals surface area contributed by atoms with E-state index in [1.165, 1.54) is 13.2 Å². The van der Waals surface area contributed by atoms with Crippen LogP contribution in [0.3, 0.4) is 0 Å². The lowest BCUT2D eigenvalue weighted by atomic mass is 10.4. The number of carbonyl (C=O) groups excluding carboxylic acids is 1. The van der Waals surface area contributed by atoms with Crippen molar-refractivity contribution in [2.45, 2.75) is 0 Å². The summed E-state index contributed by atoms with van der Waals surface area (Å²) in [7, 11) is 1.27. The zero-order valence-electron chi connectivity index (χ0n) is 5.76. The van der Waals surface area contributed by atoms with E-state index >= 15 is 0 Å². The predicted octanol–water partition coefficient (Wildman–Crippen LogP) is 1.41. The number of anilines is 1. The van der Waals surface area contributed by atoms with Gasteiger partial charge in [-0.1, -0.05) is 0 Å². The summed E-state index contributed by atoms with van der Waals surface area (Å²) in [5.74, 6) is -0.273. The van der Waals surface area contributed by atoms with Crippen LogP contribution >= 0.6 is 15.9 Å². The van der Waals surface area contributed by atoms with Crippen LogP contribution in [-0.4, -0.2) is 13.1 Å². The zero-order valence-corrected chi connectivity index (χ0v) is 7.34. The molecular weight excluding hydrogens is 214 g/mol. The van der Waals surface area contributed by atoms with Gasteiger partial charge in [0.05, 0.1) is 11.6 Å². The van der Waals surface area contributed by atoms with E-state index in [1.54, 1.807) is 0 Å². The van der Waals surface area contributed by atoms with Gasteiger partial charge in [0, 0.05) is 6.07 Å². The van der Waals surface area contributed by atoms with Gasteiger partial charge in [0.2, 0.25) is 11.6 Å². The number of rotatable bonds is 1. The second-order valence-electron chi connectivity index (χ2n) is 1.81. The summed E-state index contributed by atoms with van der Waals surface area (Å²) in [6.45, 7) is 0. The highest BCUT2D eigenvalue weighted by Gasteiger charge is 2.12. The quantitative estimate of drug-likeness (QED) is 0.726. The molecule has 0 bridgehead atoms. The average Bonchev–Trinajstić information content (AvgIpc) is 2.31. The van der Waals surface area contributed by atoms with Crippen molar-refractivity contribution in [1.29, 1.82) is 0 Å². The first-order valence-electron chi connectivity index (χ1n) is 2.78. The van der Waals surface area contributed by atoms with Crippen LogP contribution in [0.1, 0.15) is 10.6 Å². The number of hydrogen-bond acceptors (Lipinski definition) is 4. The molecule has 0 spiro atoms. The third-order valence-electron chi connectivity index (χ3n) is 1.10. The lowest BCUT2D eigenvalue weighted by Crippen LogP contribution is -1.98. The minimum atomic E-state index is -0.539. The van der Waals surface area contributed by atoms with E-state index in [2.05, 4.69) is 20.7 Å². The maximum Gasteiger partial charge on any atom is 0.374 e. The molecule has 0 aliphatic rings. The van der Waals surface area contributed by atoms with Crippen molar-refractivity contribution >= 4 is 27.8 Å². The summed E-state index contributed by atoms with van der Waals surface area (Å²) in [6.07, 6.45) is 0. The third kappa shape index (κ3) is 1.54. The Morgan fingerprint density at radius 3 is 2.82 bits per heavy atom. The van der Waals surface area contributed by atoms with E-state index < -0.39 is 5.97 Å². The zero-order chi connectivity index (χ0) is 8.43. The number of carbonyl (C=O) groups is 1. The van der Waals surface area contributed by atoms with Gasteiger partial charge >= 0.3 is 5.97 Å². The summed E-state index contributed by atoms with van der Waals surface area (Å²) in [5.41, 5.74) is 5.31. The number of nitrogens with two attached hydrogens (primary N) is 1. The molecule has 1 heterocycles. The number of methoxy groups -OCH3 is 1. The van der Waals surface area contributed by atoms with Crippen LogP contribution in [0.25, 0.3) is 0 Å². The topological polar surface area (TPSA) is 65.5 Å². The maximum absolute atomic E-state index is 10.8. The summed E-state index contributed by atoms with van der Waals surface area (Å²) in [6, 6.07) is 1.46. The Bertz CT molecular complexity index is 262. The lowest BCUT2D eigenvalue weighted by molar-refractivity contribution is 0.0566. The van der Waals surface area contributed by atoms with E-state index in [-0.39, 0.29) is 11.6 Å². The molecule has 0 unspecified atom stereocenters. The van der Waals surface area contributed by atoms with Crippen LogP contribution in [0.5, 0.6) is 0 Å². The number of hydrogen-bond donors (Lipinski definition) is 1. The van der Waals surface area contributed by atoms with Gasteiger partial charge in [-0.15, -0.1) is 0 Å². The van der Waals surface area contributed by atoms with Gasteiger partial charge < -0.3 is 14.9 Å². The van der Waals surface area contributed by atoms with E-state index in [4.69, 9.17) is 10.2 Å². The highest BCUT2D eigenvalue weighted by atomic mass is 79.9. The normalized spacial score (nSPS) is 9.64. The predicted molar refractivity (Wildman–Crippen MR) is 42.2 cm³/mol. The monoisotopic (exact) mass is 219 g/mol. The summed E-state index contributed by atoms with van der Waals surface area (Å²) >= 11 is 3.09. The third-order valence-corrected chi connectivity index (χ3v) is 1.72. The molecule has 1 aromatic heterocycles. The van der Waals surface area contributed by atoms with Crippen LogP contribution in [0.15, 0.2) is 15.0 Å². The molecule has 2 N–H and O–H groups in total. The highest BCUT2D eigenvalue weighted by molar-refractivity contribution is 9.10. The molecule has 0 saturated carbocycles. The SMILES string of the molecule is COC(=O)c1cc(Br)c(N)o1. The van der Waals surface area contributed by atoms with Crippen molar-refractivity contribution in [3.05, 3.63) is 16.3 Å². The lowest BCUT2D eigenvalue weighted by Gasteiger charge is -1.90. The molecule has 1 rings (SSSR count). The highest BCUT2D eigenvalue weighted by Crippen LogP contribution is 2.23. The molecule has 0 saturated heterocycles. The number of esters is 1. The van der Waals surface area contributed by atoms with Crippen LogP contribution in [0, 0.1) is 0 Å². The average molecular weight is 220 g/mol. The molecule has 11 heavy (non-hydrogen) atoms. The number of nitrogen functional groups attached to an aromatic ring is 1. The fourth-order valence-electron chi connectivity index (χ4n) is 0.584. The first kappa shape index (κ1) is 8.13. The van der Waals surface area contributed by atoms with E-state index in [0.717, 1.165) is 0 Å². The van der Waals surface area contributed by atoms with E-state index in [0.29, 0.717) is 4.47 Å². The standard InChI is InChI=1S/C6H6BrNO3/c1-10-6(9)4-2-3(7)5(8)11-4/h2H,8H2,1H3. The molecule has 5 heteroatoms. The Hall–Kier alpha value is -0.970. The van der Waals surface area contributed by atoms with Crippen molar-refractivity contribution in [3.8, 4) is 0 Å². The smallest absolute Gasteiger partial charge is 0.374 e. The van der Waals surface area contributed by atoms with Crippen LogP contribution in [0.2, 0.25) is 0 Å². The molecule has 0 amide bonds. The molecule has 0 aliphatic heterocycles. The molecule has 4 nitrogen and oxygen atoms in total. The largest absolute Gasteiger partial charge is 0.463 e. The van der Waals surface area contributed by atoms with Crippen molar-refractivity contribution in [1.82, 2.24) is 0 Å². The molecular formula is C6H6BrNO3. The Kier molecular flexibility index (Phi) is 2.19. The molecule has 0 aromatic carbocycles. The van der Waals surface area contributed by atoms with Gasteiger partial charge in [-0.25, -0.2) is 4.79 Å². The number of furan rings is 1. The molecule has 1 aromatic rings. The first-order chi connectivity index (χ1) is 5.15. The second kappa shape index (κ2) is 2.96. The minimum absolute atomic E-state index is 0.0943. The summed E-state index contributed by atoms with van der Waals surface area (Å²) in [5, 5.41) is 0. The Balaban J connectivity index is 2.97. The van der Waals surface area contributed by atoms with Crippen molar-refractivity contribution in [2.24, 2.45) is 0 Å². The Labute approximate surface area is 71.4 Å². The van der Waals surface area contributed by atoms with E-state index in [9.17, 15) is 4.79 Å². The molecule has 60 valence electrons. The fraction of sp³-hybridized carbons (Fsp3) is 0.167. The second-order valence-corrected chi connectivity index (χ2v) is 2.67. The molecule has 0 fully saturated rings. The van der Waals surface area contributed by atoms with E-state index in [1.807, 2.05) is 0 Å². The minimum Gasteiger partial charge on any atom is -0.463 e. The summed E-state index contributed by atoms with van der Waals surface area (Å²) in [4.78, 5) is 10.8. The Morgan fingerprint density at radius 1 is 1.82 bits per heavy atom. The van der Waals surface area contributed by atoms with Gasteiger partial charge in [0.1, 0.15) is 0 Å². The molecule has 0 atom stereocenters. The Morgan fingerprint density at radius 2 is 2.45 bits per heavy atom. The fourth-order valence-corrected chi connectivity index (χ4v) is 0.873. The number of ether oxygens (including phenoxy) is 1. The van der Waals surface area contributed by atoms with Crippen molar-refractivity contribution < 1.29 is 13.9 Å². The molecule has 0 aliphatic carbocycles.